The van der Waals surface area contributed by atoms with Gasteiger partial charge in [0.15, 0.2) is 0 Å². The fourth-order valence-electron chi connectivity index (χ4n) is 1.98. The van der Waals surface area contributed by atoms with Crippen LogP contribution in [-0.4, -0.2) is 36.7 Å². The van der Waals surface area contributed by atoms with E-state index in [9.17, 15) is 0 Å². The molecule has 0 spiro atoms. The third kappa shape index (κ3) is 1.30. The third-order valence-electron chi connectivity index (χ3n) is 3.19. The van der Waals surface area contributed by atoms with Crippen LogP contribution in [0.4, 0.5) is 0 Å². The largest absolute Gasteiger partial charge is 0.381 e. The van der Waals surface area contributed by atoms with Gasteiger partial charge in [-0.05, 0) is 20.3 Å². The van der Waals surface area contributed by atoms with Gasteiger partial charge in [0.2, 0.25) is 0 Å². The minimum Gasteiger partial charge on any atom is -0.381 e. The minimum absolute atomic E-state index is 0.399. The quantitative estimate of drug-likeness (QED) is 0.554. The van der Waals surface area contributed by atoms with Crippen molar-refractivity contribution in [3.8, 4) is 0 Å². The van der Waals surface area contributed by atoms with Gasteiger partial charge in [-0.25, -0.2) is 0 Å². The summed E-state index contributed by atoms with van der Waals surface area (Å²) >= 11 is 0. The maximum Gasteiger partial charge on any atom is 0.0512 e. The summed E-state index contributed by atoms with van der Waals surface area (Å²) < 4.78 is 5.39. The van der Waals surface area contributed by atoms with Crippen molar-refractivity contribution in [1.82, 2.24) is 4.90 Å². The Morgan fingerprint density at radius 3 is 2.55 bits per heavy atom. The molecule has 0 aromatic rings. The van der Waals surface area contributed by atoms with Crippen LogP contribution in [0, 0.1) is 5.92 Å². The molecule has 0 aromatic heterocycles. The maximum absolute atomic E-state index is 5.39. The summed E-state index contributed by atoms with van der Waals surface area (Å²) in [7, 11) is 0. The standard InChI is InChI=1S/C9H17NO/c1-9(2,10-4-5-10)8-3-6-11-7-8/h8H,3-7H2,1-2H3. The molecule has 64 valence electrons. The summed E-state index contributed by atoms with van der Waals surface area (Å²) in [6.07, 6.45) is 1.25. The molecule has 0 aromatic carbocycles. The van der Waals surface area contributed by atoms with Gasteiger partial charge in [0, 0.05) is 31.2 Å². The zero-order valence-corrected chi connectivity index (χ0v) is 7.47. The Hall–Kier alpha value is -0.0800. The topological polar surface area (TPSA) is 12.2 Å². The molecule has 2 nitrogen and oxygen atoms in total. The van der Waals surface area contributed by atoms with Crippen molar-refractivity contribution in [3.63, 3.8) is 0 Å². The van der Waals surface area contributed by atoms with Crippen molar-refractivity contribution in [1.29, 1.82) is 0 Å². The number of nitrogens with zero attached hydrogens (tertiary/aromatic N) is 1. The van der Waals surface area contributed by atoms with Crippen molar-refractivity contribution < 1.29 is 4.74 Å². The first kappa shape index (κ1) is 7.56. The summed E-state index contributed by atoms with van der Waals surface area (Å²) in [5, 5.41) is 0. The Morgan fingerprint density at radius 1 is 1.36 bits per heavy atom. The lowest BCUT2D eigenvalue weighted by atomic mass is 9.87. The zero-order valence-electron chi connectivity index (χ0n) is 7.47. The molecule has 0 N–H and O–H groups in total. The van der Waals surface area contributed by atoms with Crippen LogP contribution in [0.3, 0.4) is 0 Å². The molecule has 0 bridgehead atoms. The predicted molar refractivity (Wildman–Crippen MR) is 44.6 cm³/mol. The van der Waals surface area contributed by atoms with E-state index in [1.54, 1.807) is 0 Å². The molecule has 1 unspecified atom stereocenters. The van der Waals surface area contributed by atoms with Gasteiger partial charge in [-0.2, -0.15) is 0 Å². The van der Waals surface area contributed by atoms with Gasteiger partial charge in [0.05, 0.1) is 6.61 Å². The van der Waals surface area contributed by atoms with E-state index in [0.717, 1.165) is 19.1 Å². The van der Waals surface area contributed by atoms with Crippen LogP contribution in [0.1, 0.15) is 20.3 Å². The average Bonchev–Trinajstić information content (AvgIpc) is 2.66. The Bertz CT molecular complexity index is 146. The Kier molecular flexibility index (Phi) is 1.69. The minimum atomic E-state index is 0.399. The van der Waals surface area contributed by atoms with E-state index in [1.165, 1.54) is 19.5 Å². The van der Waals surface area contributed by atoms with Gasteiger partial charge < -0.3 is 4.74 Å². The molecule has 0 amide bonds. The predicted octanol–water partition coefficient (Wildman–Crippen LogP) is 1.12. The molecule has 2 aliphatic rings. The summed E-state index contributed by atoms with van der Waals surface area (Å²) in [6, 6.07) is 0. The van der Waals surface area contributed by atoms with Gasteiger partial charge in [0.1, 0.15) is 0 Å². The fourth-order valence-corrected chi connectivity index (χ4v) is 1.98. The highest BCUT2D eigenvalue weighted by Gasteiger charge is 2.42. The molecule has 0 aliphatic carbocycles. The summed E-state index contributed by atoms with van der Waals surface area (Å²) in [4.78, 5) is 2.53. The lowest BCUT2D eigenvalue weighted by Crippen LogP contribution is -2.39. The van der Waals surface area contributed by atoms with Crippen molar-refractivity contribution in [2.45, 2.75) is 25.8 Å². The van der Waals surface area contributed by atoms with Gasteiger partial charge in [-0.1, -0.05) is 0 Å². The molecule has 0 saturated carbocycles. The smallest absolute Gasteiger partial charge is 0.0512 e. The zero-order chi connectivity index (χ0) is 7.90. The van der Waals surface area contributed by atoms with Gasteiger partial charge in [-0.15, -0.1) is 0 Å². The second kappa shape index (κ2) is 2.46. The molecule has 11 heavy (non-hydrogen) atoms. The second-order valence-corrected chi connectivity index (χ2v) is 4.20. The van der Waals surface area contributed by atoms with Gasteiger partial charge >= 0.3 is 0 Å². The monoisotopic (exact) mass is 155 g/mol. The van der Waals surface area contributed by atoms with Crippen LogP contribution in [0.5, 0.6) is 0 Å². The molecular weight excluding hydrogens is 138 g/mol. The van der Waals surface area contributed by atoms with E-state index in [0.29, 0.717) is 5.54 Å². The molecule has 2 rings (SSSR count). The number of hydrogen-bond acceptors (Lipinski definition) is 2. The molecule has 2 aliphatic heterocycles. The van der Waals surface area contributed by atoms with Crippen molar-refractivity contribution in [3.05, 3.63) is 0 Å². The maximum atomic E-state index is 5.39. The Labute approximate surface area is 68.5 Å². The van der Waals surface area contributed by atoms with Crippen LogP contribution in [0.15, 0.2) is 0 Å². The summed E-state index contributed by atoms with van der Waals surface area (Å²) in [5.74, 6) is 0.769. The third-order valence-corrected chi connectivity index (χ3v) is 3.19. The van der Waals surface area contributed by atoms with Crippen molar-refractivity contribution >= 4 is 0 Å². The number of ether oxygens (including phenoxy) is 1. The number of rotatable bonds is 2. The van der Waals surface area contributed by atoms with Gasteiger partial charge in [-0.3, -0.25) is 4.90 Å². The van der Waals surface area contributed by atoms with E-state index in [4.69, 9.17) is 4.74 Å². The highest BCUT2D eigenvalue weighted by molar-refractivity contribution is 4.96. The number of hydrogen-bond donors (Lipinski definition) is 0. The lowest BCUT2D eigenvalue weighted by molar-refractivity contribution is 0.131. The van der Waals surface area contributed by atoms with Gasteiger partial charge in [0.25, 0.3) is 0 Å². The fraction of sp³-hybridized carbons (Fsp3) is 1.00. The first-order valence-electron chi connectivity index (χ1n) is 4.54. The van der Waals surface area contributed by atoms with E-state index in [-0.39, 0.29) is 0 Å². The molecule has 0 radical (unpaired) electrons. The second-order valence-electron chi connectivity index (χ2n) is 4.20. The van der Waals surface area contributed by atoms with Crippen LogP contribution in [0.2, 0.25) is 0 Å². The first-order chi connectivity index (χ1) is 5.21. The normalized spacial score (nSPS) is 32.7. The van der Waals surface area contributed by atoms with Crippen LogP contribution in [-0.2, 0) is 4.74 Å². The molecule has 2 fully saturated rings. The van der Waals surface area contributed by atoms with E-state index >= 15 is 0 Å². The SMILES string of the molecule is CC(C)(C1CCOC1)N1CC1. The van der Waals surface area contributed by atoms with Crippen molar-refractivity contribution in [2.24, 2.45) is 5.92 Å². The molecule has 2 heteroatoms. The molecule has 2 saturated heterocycles. The highest BCUT2D eigenvalue weighted by Crippen LogP contribution is 2.34. The first-order valence-corrected chi connectivity index (χ1v) is 4.54. The van der Waals surface area contributed by atoms with Crippen LogP contribution in [0.25, 0.3) is 0 Å². The lowest BCUT2D eigenvalue weighted by Gasteiger charge is -2.32. The highest BCUT2D eigenvalue weighted by atomic mass is 16.5. The Balaban J connectivity index is 1.99. The van der Waals surface area contributed by atoms with E-state index < -0.39 is 0 Å². The molecule has 1 atom stereocenters. The van der Waals surface area contributed by atoms with Crippen molar-refractivity contribution in [2.75, 3.05) is 26.3 Å². The van der Waals surface area contributed by atoms with Crippen LogP contribution >= 0.6 is 0 Å². The average molecular weight is 155 g/mol. The Morgan fingerprint density at radius 2 is 2.09 bits per heavy atom. The summed E-state index contributed by atoms with van der Waals surface area (Å²) in [6.45, 7) is 9.23. The molecule has 2 heterocycles. The summed E-state index contributed by atoms with van der Waals surface area (Å²) in [5.41, 5.74) is 0.399. The van der Waals surface area contributed by atoms with E-state index in [1.807, 2.05) is 0 Å². The van der Waals surface area contributed by atoms with E-state index in [2.05, 4.69) is 18.7 Å². The molecular formula is C9H17NO. The van der Waals surface area contributed by atoms with Crippen LogP contribution < -0.4 is 0 Å².